The molecule has 1 N–H and O–H groups in total. The molecular weight excluding hydrogens is 456 g/mol. The van der Waals surface area contributed by atoms with E-state index in [1.165, 1.54) is 29.6 Å². The van der Waals surface area contributed by atoms with Crippen molar-refractivity contribution in [1.29, 1.82) is 0 Å². The minimum Gasteiger partial charge on any atom is -0.467 e. The third-order valence-electron chi connectivity index (χ3n) is 6.25. The fourth-order valence-corrected chi connectivity index (χ4v) is 6.52. The Morgan fingerprint density at radius 2 is 1.75 bits per heavy atom. The fraction of sp³-hybridized carbons (Fsp3) is 0.636. The molecule has 0 radical (unpaired) electrons. The zero-order chi connectivity index (χ0) is 23.7. The summed E-state index contributed by atoms with van der Waals surface area (Å²) in [5, 5.41) is 2.86. The van der Waals surface area contributed by atoms with Gasteiger partial charge in [0.1, 0.15) is 10.4 Å². The van der Waals surface area contributed by atoms with Crippen molar-refractivity contribution in [3.05, 3.63) is 28.8 Å². The number of benzene rings is 1. The molecule has 1 saturated heterocycles. The van der Waals surface area contributed by atoms with E-state index in [-0.39, 0.29) is 40.8 Å². The Hall–Kier alpha value is -1.68. The Bertz CT molecular complexity index is 965. The lowest BCUT2D eigenvalue weighted by molar-refractivity contribution is -0.150. The molecule has 1 heterocycles. The van der Waals surface area contributed by atoms with Gasteiger partial charge in [-0.3, -0.25) is 4.79 Å². The second-order valence-corrected chi connectivity index (χ2v) is 11.2. The highest BCUT2D eigenvalue weighted by molar-refractivity contribution is 7.89. The van der Waals surface area contributed by atoms with E-state index in [0.29, 0.717) is 18.8 Å². The third kappa shape index (κ3) is 5.11. The van der Waals surface area contributed by atoms with Gasteiger partial charge in [0.25, 0.3) is 5.91 Å². The monoisotopic (exact) mass is 486 g/mol. The van der Waals surface area contributed by atoms with Crippen LogP contribution in [0.2, 0.25) is 5.02 Å². The van der Waals surface area contributed by atoms with E-state index < -0.39 is 27.4 Å². The predicted molar refractivity (Wildman–Crippen MR) is 120 cm³/mol. The molecule has 2 aliphatic rings. The summed E-state index contributed by atoms with van der Waals surface area (Å²) in [7, 11) is -2.64. The van der Waals surface area contributed by atoms with Crippen molar-refractivity contribution in [2.75, 3.05) is 20.2 Å². The van der Waals surface area contributed by atoms with Crippen molar-refractivity contribution in [2.24, 2.45) is 5.92 Å². The predicted octanol–water partition coefficient (Wildman–Crippen LogP) is 2.99. The van der Waals surface area contributed by atoms with Gasteiger partial charge < -0.3 is 14.8 Å². The maximum Gasteiger partial charge on any atom is 0.331 e. The summed E-state index contributed by atoms with van der Waals surface area (Å²) in [6, 6.07) is 4.12. The minimum atomic E-state index is -3.94. The van der Waals surface area contributed by atoms with Gasteiger partial charge in [0.05, 0.1) is 24.3 Å². The van der Waals surface area contributed by atoms with Gasteiger partial charge in [0, 0.05) is 18.7 Å². The lowest BCUT2D eigenvalue weighted by Gasteiger charge is -2.37. The number of hydrogen-bond donors (Lipinski definition) is 1. The molecular formula is C22H31ClN2O6S. The molecule has 1 saturated carbocycles. The van der Waals surface area contributed by atoms with E-state index in [0.717, 1.165) is 12.8 Å². The lowest BCUT2D eigenvalue weighted by Crippen LogP contribution is -2.56. The first-order valence-electron chi connectivity index (χ1n) is 10.8. The second kappa shape index (κ2) is 9.67. The lowest BCUT2D eigenvalue weighted by atomic mass is 9.77. The fourth-order valence-electron chi connectivity index (χ4n) is 4.43. The molecule has 2 fully saturated rings. The number of sulfonamides is 1. The van der Waals surface area contributed by atoms with Gasteiger partial charge >= 0.3 is 5.97 Å². The van der Waals surface area contributed by atoms with Crippen LogP contribution in [0.25, 0.3) is 0 Å². The summed E-state index contributed by atoms with van der Waals surface area (Å²) >= 11 is 6.24. The highest BCUT2D eigenvalue weighted by atomic mass is 35.5. The summed E-state index contributed by atoms with van der Waals surface area (Å²) in [6.07, 6.45) is 1.98. The number of amides is 1. The first-order chi connectivity index (χ1) is 15.0. The standard InChI is InChI=1S/C22H31ClN2O6S/c1-14-7-9-22(10-8-14,21(27)30-4)24-20(26)17-5-6-18(23)19(11-17)32(28,29)25-12-15(2)31-16(3)13-25/h5-6,11,14-16H,7-10,12-13H2,1-4H3,(H,24,26). The van der Waals surface area contributed by atoms with Crippen molar-refractivity contribution in [3.8, 4) is 0 Å². The average Bonchev–Trinajstić information content (AvgIpc) is 2.74. The minimum absolute atomic E-state index is 0.0301. The number of halogens is 1. The molecule has 2 atom stereocenters. The number of methoxy groups -OCH3 is 1. The molecule has 1 amide bonds. The molecule has 0 bridgehead atoms. The Kier molecular flexibility index (Phi) is 7.54. The van der Waals surface area contributed by atoms with E-state index >= 15 is 0 Å². The summed E-state index contributed by atoms with van der Waals surface area (Å²) in [4.78, 5) is 25.5. The molecule has 3 rings (SSSR count). The number of nitrogens with zero attached hydrogens (tertiary/aromatic N) is 1. The molecule has 0 spiro atoms. The number of esters is 1. The highest BCUT2D eigenvalue weighted by Gasteiger charge is 2.44. The largest absolute Gasteiger partial charge is 0.467 e. The van der Waals surface area contributed by atoms with Gasteiger partial charge in [0.15, 0.2) is 0 Å². The van der Waals surface area contributed by atoms with Crippen molar-refractivity contribution in [2.45, 2.75) is 69.1 Å². The van der Waals surface area contributed by atoms with Gasteiger partial charge in [-0.1, -0.05) is 18.5 Å². The SMILES string of the molecule is COC(=O)C1(NC(=O)c2ccc(Cl)c(S(=O)(=O)N3CC(C)OC(C)C3)c2)CCC(C)CC1. The molecule has 2 unspecified atom stereocenters. The summed E-state index contributed by atoms with van der Waals surface area (Å²) in [6.45, 7) is 6.11. The molecule has 178 valence electrons. The molecule has 0 aromatic heterocycles. The number of ether oxygens (including phenoxy) is 2. The van der Waals surface area contributed by atoms with Crippen LogP contribution in [0.4, 0.5) is 0 Å². The second-order valence-electron chi connectivity index (χ2n) is 8.93. The maximum absolute atomic E-state index is 13.3. The van der Waals surface area contributed by atoms with Crippen LogP contribution < -0.4 is 5.32 Å². The van der Waals surface area contributed by atoms with E-state index in [1.54, 1.807) is 13.8 Å². The number of nitrogens with one attached hydrogen (secondary N) is 1. The molecule has 1 aliphatic heterocycles. The zero-order valence-electron chi connectivity index (χ0n) is 18.9. The molecule has 10 heteroatoms. The van der Waals surface area contributed by atoms with Gasteiger partial charge in [-0.25, -0.2) is 13.2 Å². The van der Waals surface area contributed by atoms with Gasteiger partial charge in [0.2, 0.25) is 10.0 Å². The molecule has 1 aromatic carbocycles. The summed E-state index contributed by atoms with van der Waals surface area (Å²) in [5.41, 5.74) is -1.00. The van der Waals surface area contributed by atoms with Crippen LogP contribution in [0.3, 0.4) is 0 Å². The number of rotatable bonds is 5. The Morgan fingerprint density at radius 1 is 1.16 bits per heavy atom. The number of morpholine rings is 1. The smallest absolute Gasteiger partial charge is 0.331 e. The summed E-state index contributed by atoms with van der Waals surface area (Å²) in [5.74, 6) is -0.576. The Labute approximate surface area is 194 Å². The number of carbonyl (C=O) groups excluding carboxylic acids is 2. The molecule has 32 heavy (non-hydrogen) atoms. The van der Waals surface area contributed by atoms with Crippen LogP contribution >= 0.6 is 11.6 Å². The van der Waals surface area contributed by atoms with Crippen LogP contribution in [0.5, 0.6) is 0 Å². The van der Waals surface area contributed by atoms with Crippen molar-refractivity contribution in [3.63, 3.8) is 0 Å². The van der Waals surface area contributed by atoms with E-state index in [4.69, 9.17) is 21.1 Å². The Balaban J connectivity index is 1.89. The van der Waals surface area contributed by atoms with Crippen molar-refractivity contribution >= 4 is 33.5 Å². The number of carbonyl (C=O) groups is 2. The first-order valence-corrected chi connectivity index (χ1v) is 12.7. The van der Waals surface area contributed by atoms with Crippen LogP contribution in [0.1, 0.15) is 56.8 Å². The van der Waals surface area contributed by atoms with Crippen molar-refractivity contribution in [1.82, 2.24) is 9.62 Å². The zero-order valence-corrected chi connectivity index (χ0v) is 20.5. The summed E-state index contributed by atoms with van der Waals surface area (Å²) < 4.78 is 38.5. The normalized spacial score (nSPS) is 29.3. The molecule has 1 aromatic rings. The van der Waals surface area contributed by atoms with Gasteiger partial charge in [-0.2, -0.15) is 4.31 Å². The van der Waals surface area contributed by atoms with Crippen molar-refractivity contribution < 1.29 is 27.5 Å². The van der Waals surface area contributed by atoms with Crippen LogP contribution in [-0.4, -0.2) is 62.5 Å². The molecule has 1 aliphatic carbocycles. The molecule has 8 nitrogen and oxygen atoms in total. The van der Waals surface area contributed by atoms with Crippen LogP contribution in [-0.2, 0) is 24.3 Å². The van der Waals surface area contributed by atoms with E-state index in [9.17, 15) is 18.0 Å². The third-order valence-corrected chi connectivity index (χ3v) is 8.57. The maximum atomic E-state index is 13.3. The highest BCUT2D eigenvalue weighted by Crippen LogP contribution is 2.34. The quantitative estimate of drug-likeness (QED) is 0.642. The van der Waals surface area contributed by atoms with E-state index in [2.05, 4.69) is 12.2 Å². The topological polar surface area (TPSA) is 102 Å². The van der Waals surface area contributed by atoms with E-state index in [1.807, 2.05) is 0 Å². The Morgan fingerprint density at radius 3 is 2.31 bits per heavy atom. The van der Waals surface area contributed by atoms with Crippen LogP contribution in [0, 0.1) is 5.92 Å². The average molecular weight is 487 g/mol. The van der Waals surface area contributed by atoms with Crippen LogP contribution in [0.15, 0.2) is 23.1 Å². The van der Waals surface area contributed by atoms with Gasteiger partial charge in [-0.15, -0.1) is 0 Å². The number of hydrogen-bond acceptors (Lipinski definition) is 6. The van der Waals surface area contributed by atoms with Gasteiger partial charge in [-0.05, 0) is 63.6 Å². The first kappa shape index (κ1) is 25.0.